The third-order valence-corrected chi connectivity index (χ3v) is 4.21. The van der Waals surface area contributed by atoms with Crippen LogP contribution >= 0.6 is 0 Å². The number of amides is 2. The second-order valence-corrected chi connectivity index (χ2v) is 5.61. The third-order valence-electron chi connectivity index (χ3n) is 4.21. The van der Waals surface area contributed by atoms with E-state index in [1.807, 2.05) is 0 Å². The fourth-order valence-electron chi connectivity index (χ4n) is 3.04. The van der Waals surface area contributed by atoms with Gasteiger partial charge in [-0.1, -0.05) is 0 Å². The Morgan fingerprint density at radius 1 is 1.32 bits per heavy atom. The lowest BCUT2D eigenvalue weighted by Crippen LogP contribution is -2.45. The van der Waals surface area contributed by atoms with Crippen LogP contribution in [0.3, 0.4) is 0 Å². The molecule has 0 aromatic rings. The molecule has 0 aliphatic carbocycles. The largest absolute Gasteiger partial charge is 0.481 e. The van der Waals surface area contributed by atoms with Crippen LogP contribution in [0.5, 0.6) is 0 Å². The van der Waals surface area contributed by atoms with Crippen molar-refractivity contribution in [1.82, 2.24) is 9.80 Å². The van der Waals surface area contributed by atoms with Gasteiger partial charge < -0.3 is 20.0 Å². The summed E-state index contributed by atoms with van der Waals surface area (Å²) in [4.78, 5) is 26.6. The van der Waals surface area contributed by atoms with Crippen molar-refractivity contribution < 1.29 is 19.8 Å². The highest BCUT2D eigenvalue weighted by atomic mass is 16.4. The number of aliphatic carboxylic acids is 1. The number of likely N-dealkylation sites (tertiary alicyclic amines) is 2. The van der Waals surface area contributed by atoms with E-state index in [2.05, 4.69) is 0 Å². The SMILES string of the molecule is CC(O)C1CCN(C(=O)N2CCCC2CC(=O)O)C1. The molecule has 108 valence electrons. The molecule has 2 aliphatic heterocycles. The predicted octanol–water partition coefficient (Wildman–Crippen LogP) is 0.748. The molecule has 2 saturated heterocycles. The molecule has 3 unspecified atom stereocenters. The molecule has 2 rings (SSSR count). The lowest BCUT2D eigenvalue weighted by molar-refractivity contribution is -0.138. The lowest BCUT2D eigenvalue weighted by atomic mass is 10.0. The molecule has 19 heavy (non-hydrogen) atoms. The van der Waals surface area contributed by atoms with Gasteiger partial charge in [-0.15, -0.1) is 0 Å². The van der Waals surface area contributed by atoms with Gasteiger partial charge in [0.15, 0.2) is 0 Å². The predicted molar refractivity (Wildman–Crippen MR) is 68.7 cm³/mol. The van der Waals surface area contributed by atoms with Gasteiger partial charge in [0.2, 0.25) is 0 Å². The van der Waals surface area contributed by atoms with Crippen LogP contribution in [0.1, 0.15) is 32.6 Å². The quantitative estimate of drug-likeness (QED) is 0.793. The number of carbonyl (C=O) groups excluding carboxylic acids is 1. The van der Waals surface area contributed by atoms with Crippen molar-refractivity contribution in [1.29, 1.82) is 0 Å². The molecular formula is C13H22N2O4. The first-order valence-corrected chi connectivity index (χ1v) is 6.94. The topological polar surface area (TPSA) is 81.1 Å². The van der Waals surface area contributed by atoms with Crippen LogP contribution in [0.2, 0.25) is 0 Å². The minimum absolute atomic E-state index is 0.0272. The van der Waals surface area contributed by atoms with Crippen LogP contribution < -0.4 is 0 Å². The van der Waals surface area contributed by atoms with Crippen LogP contribution in [0.4, 0.5) is 4.79 Å². The number of carbonyl (C=O) groups is 2. The van der Waals surface area contributed by atoms with Crippen LogP contribution in [0, 0.1) is 5.92 Å². The van der Waals surface area contributed by atoms with Crippen LogP contribution in [0.15, 0.2) is 0 Å². The van der Waals surface area contributed by atoms with Gasteiger partial charge in [0.25, 0.3) is 0 Å². The molecule has 0 spiro atoms. The average molecular weight is 270 g/mol. The Balaban J connectivity index is 1.94. The normalized spacial score (nSPS) is 28.7. The van der Waals surface area contributed by atoms with Crippen LogP contribution in [-0.4, -0.2) is 63.8 Å². The van der Waals surface area contributed by atoms with Crippen LogP contribution in [-0.2, 0) is 4.79 Å². The minimum atomic E-state index is -0.854. The van der Waals surface area contributed by atoms with Crippen molar-refractivity contribution in [3.05, 3.63) is 0 Å². The first kappa shape index (κ1) is 14.1. The van der Waals surface area contributed by atoms with Crippen molar-refractivity contribution in [2.75, 3.05) is 19.6 Å². The van der Waals surface area contributed by atoms with Gasteiger partial charge in [-0.3, -0.25) is 4.79 Å². The number of urea groups is 1. The fourth-order valence-corrected chi connectivity index (χ4v) is 3.04. The van der Waals surface area contributed by atoms with Crippen molar-refractivity contribution in [2.45, 2.75) is 44.8 Å². The van der Waals surface area contributed by atoms with Crippen molar-refractivity contribution >= 4 is 12.0 Å². The molecule has 0 aromatic heterocycles. The van der Waals surface area contributed by atoms with E-state index in [9.17, 15) is 14.7 Å². The molecule has 0 saturated carbocycles. The van der Waals surface area contributed by atoms with Crippen molar-refractivity contribution in [2.24, 2.45) is 5.92 Å². The number of aliphatic hydroxyl groups is 1. The highest BCUT2D eigenvalue weighted by Gasteiger charge is 2.36. The maximum Gasteiger partial charge on any atom is 0.320 e. The number of aliphatic hydroxyl groups excluding tert-OH is 1. The molecule has 0 aromatic carbocycles. The van der Waals surface area contributed by atoms with E-state index in [0.717, 1.165) is 19.3 Å². The van der Waals surface area contributed by atoms with Gasteiger partial charge in [-0.25, -0.2) is 4.79 Å². The summed E-state index contributed by atoms with van der Waals surface area (Å²) in [5.74, 6) is -0.711. The molecule has 6 heteroatoms. The maximum absolute atomic E-state index is 12.4. The molecule has 2 aliphatic rings. The van der Waals surface area contributed by atoms with E-state index in [1.54, 1.807) is 16.7 Å². The zero-order chi connectivity index (χ0) is 14.0. The van der Waals surface area contributed by atoms with Gasteiger partial charge in [0.05, 0.1) is 12.5 Å². The number of carboxylic acids is 1. The maximum atomic E-state index is 12.4. The van der Waals surface area contributed by atoms with Crippen molar-refractivity contribution in [3.8, 4) is 0 Å². The third kappa shape index (κ3) is 3.18. The summed E-state index contributed by atoms with van der Waals surface area (Å²) < 4.78 is 0. The summed E-state index contributed by atoms with van der Waals surface area (Å²) in [7, 11) is 0. The second kappa shape index (κ2) is 5.77. The Labute approximate surface area is 113 Å². The highest BCUT2D eigenvalue weighted by molar-refractivity contribution is 5.76. The summed E-state index contributed by atoms with van der Waals surface area (Å²) in [5.41, 5.74) is 0. The van der Waals surface area contributed by atoms with Crippen molar-refractivity contribution in [3.63, 3.8) is 0 Å². The van der Waals surface area contributed by atoms with E-state index < -0.39 is 12.1 Å². The second-order valence-electron chi connectivity index (χ2n) is 5.61. The Bertz CT molecular complexity index is 359. The first-order valence-electron chi connectivity index (χ1n) is 6.94. The van der Waals surface area contributed by atoms with E-state index >= 15 is 0 Å². The Hall–Kier alpha value is -1.30. The Morgan fingerprint density at radius 2 is 2.05 bits per heavy atom. The lowest BCUT2D eigenvalue weighted by Gasteiger charge is -2.29. The standard InChI is InChI=1S/C13H22N2O4/c1-9(16)10-4-6-14(8-10)13(19)15-5-2-3-11(15)7-12(17)18/h9-11,16H,2-8H2,1H3,(H,17,18). The van der Waals surface area contributed by atoms with Gasteiger partial charge in [-0.2, -0.15) is 0 Å². The summed E-state index contributed by atoms with van der Waals surface area (Å²) in [6, 6.07) is -0.234. The molecule has 2 fully saturated rings. The molecule has 0 bridgehead atoms. The summed E-state index contributed by atoms with van der Waals surface area (Å²) in [5, 5.41) is 18.4. The van der Waals surface area contributed by atoms with E-state index in [1.165, 1.54) is 0 Å². The molecule has 6 nitrogen and oxygen atoms in total. The average Bonchev–Trinajstić information content (AvgIpc) is 2.95. The molecule has 2 heterocycles. The number of carboxylic acid groups (broad SMARTS) is 1. The van der Waals surface area contributed by atoms with Gasteiger partial charge in [0.1, 0.15) is 0 Å². The number of hydrogen-bond donors (Lipinski definition) is 2. The van der Waals surface area contributed by atoms with E-state index in [-0.39, 0.29) is 24.4 Å². The van der Waals surface area contributed by atoms with E-state index in [0.29, 0.717) is 19.6 Å². The van der Waals surface area contributed by atoms with E-state index in [4.69, 9.17) is 5.11 Å². The Kier molecular flexibility index (Phi) is 4.29. The zero-order valence-corrected chi connectivity index (χ0v) is 11.3. The summed E-state index contributed by atoms with van der Waals surface area (Å²) in [6.45, 7) is 3.63. The summed E-state index contributed by atoms with van der Waals surface area (Å²) in [6.07, 6.45) is 2.09. The number of rotatable bonds is 3. The summed E-state index contributed by atoms with van der Waals surface area (Å²) >= 11 is 0. The van der Waals surface area contributed by atoms with Gasteiger partial charge in [0, 0.05) is 31.6 Å². The molecule has 2 N–H and O–H groups in total. The highest BCUT2D eigenvalue weighted by Crippen LogP contribution is 2.26. The van der Waals surface area contributed by atoms with Gasteiger partial charge in [-0.05, 0) is 26.2 Å². The number of hydrogen-bond acceptors (Lipinski definition) is 3. The first-order chi connectivity index (χ1) is 8.99. The molecule has 3 atom stereocenters. The fraction of sp³-hybridized carbons (Fsp3) is 0.846. The molecule has 2 amide bonds. The minimum Gasteiger partial charge on any atom is -0.481 e. The molecular weight excluding hydrogens is 248 g/mol. The smallest absolute Gasteiger partial charge is 0.320 e. The Morgan fingerprint density at radius 3 is 2.63 bits per heavy atom. The van der Waals surface area contributed by atoms with Gasteiger partial charge >= 0.3 is 12.0 Å². The zero-order valence-electron chi connectivity index (χ0n) is 11.3. The monoisotopic (exact) mass is 270 g/mol. The number of nitrogens with zero attached hydrogens (tertiary/aromatic N) is 2. The van der Waals surface area contributed by atoms with Crippen LogP contribution in [0.25, 0.3) is 0 Å². The molecule has 0 radical (unpaired) electrons.